The Labute approximate surface area is 198 Å². The third-order valence-electron chi connectivity index (χ3n) is 6.86. The molecule has 0 aliphatic heterocycles. The summed E-state index contributed by atoms with van der Waals surface area (Å²) in [5.74, 6) is -0.477. The highest BCUT2D eigenvalue weighted by atomic mass is 16.4. The molecule has 0 saturated heterocycles. The van der Waals surface area contributed by atoms with Crippen LogP contribution in [-0.4, -0.2) is 11.1 Å². The highest BCUT2D eigenvalue weighted by Crippen LogP contribution is 2.47. The molecule has 1 atom stereocenters. The van der Waals surface area contributed by atoms with Crippen molar-refractivity contribution in [2.45, 2.75) is 45.1 Å². The minimum atomic E-state index is -0.998. The number of aryl methyl sites for hydroxylation is 1. The molecular weight excluding hydrogens is 426 g/mol. The van der Waals surface area contributed by atoms with Gasteiger partial charge in [-0.1, -0.05) is 49.4 Å². The fourth-order valence-corrected chi connectivity index (χ4v) is 4.52. The van der Waals surface area contributed by atoms with Gasteiger partial charge in [0.2, 0.25) is 0 Å². The minimum absolute atomic E-state index is 0.0995. The molecule has 1 fully saturated rings. The number of rotatable bonds is 6. The zero-order valence-corrected chi connectivity index (χ0v) is 19.5. The highest BCUT2D eigenvalue weighted by molar-refractivity contribution is 5.94. The van der Waals surface area contributed by atoms with Crippen LogP contribution in [0.2, 0.25) is 0 Å². The number of nitrogens with one attached hydrogen (secondary N) is 1. The van der Waals surface area contributed by atoms with Crippen LogP contribution in [0, 0.1) is 6.92 Å². The topological polar surface area (TPSA) is 79.5 Å². The summed E-state index contributed by atoms with van der Waals surface area (Å²) in [6.45, 7) is 6.14. The van der Waals surface area contributed by atoms with Crippen LogP contribution in [0.3, 0.4) is 0 Å². The van der Waals surface area contributed by atoms with Crippen molar-refractivity contribution in [2.24, 2.45) is 0 Å². The van der Waals surface area contributed by atoms with E-state index >= 15 is 0 Å². The molecule has 1 aliphatic rings. The molecule has 1 heterocycles. The van der Waals surface area contributed by atoms with E-state index < -0.39 is 5.97 Å². The number of hydrogen-bond acceptors (Lipinski definition) is 4. The molecule has 3 aromatic carbocycles. The average molecular weight is 454 g/mol. The SMILES string of the molecule is Cc1cc([C@@H](C)Nc2ccccc2C(=O)O)c2oc(-c3ccc(C4(C)CC4)cc3)cc(=O)c2c1. The highest BCUT2D eigenvalue weighted by Gasteiger charge is 2.38. The predicted molar refractivity (Wildman–Crippen MR) is 135 cm³/mol. The van der Waals surface area contributed by atoms with Gasteiger partial charge in [0, 0.05) is 22.9 Å². The van der Waals surface area contributed by atoms with Gasteiger partial charge in [0.15, 0.2) is 5.43 Å². The number of benzene rings is 3. The molecule has 2 N–H and O–H groups in total. The first-order valence-corrected chi connectivity index (χ1v) is 11.5. The second-order valence-electron chi connectivity index (χ2n) is 9.56. The predicted octanol–water partition coefficient (Wildman–Crippen LogP) is 6.69. The average Bonchev–Trinajstić information content (AvgIpc) is 3.57. The number of para-hydroxylation sites is 1. The van der Waals surface area contributed by atoms with Gasteiger partial charge in [-0.05, 0) is 61.4 Å². The van der Waals surface area contributed by atoms with Gasteiger partial charge in [-0.25, -0.2) is 4.79 Å². The summed E-state index contributed by atoms with van der Waals surface area (Å²) in [7, 11) is 0. The van der Waals surface area contributed by atoms with Crippen LogP contribution in [-0.2, 0) is 5.41 Å². The number of carboxylic acid groups (broad SMARTS) is 1. The Morgan fingerprint density at radius 2 is 1.76 bits per heavy atom. The Bertz CT molecular complexity index is 1460. The third kappa shape index (κ3) is 3.98. The summed E-state index contributed by atoms with van der Waals surface area (Å²) >= 11 is 0. The zero-order valence-electron chi connectivity index (χ0n) is 19.5. The number of hydrogen-bond donors (Lipinski definition) is 2. The van der Waals surface area contributed by atoms with E-state index in [4.69, 9.17) is 4.42 Å². The number of anilines is 1. The van der Waals surface area contributed by atoms with Gasteiger partial charge in [0.05, 0.1) is 17.0 Å². The second-order valence-corrected chi connectivity index (χ2v) is 9.56. The van der Waals surface area contributed by atoms with Crippen molar-refractivity contribution in [1.29, 1.82) is 0 Å². The molecule has 172 valence electrons. The molecule has 1 aromatic heterocycles. The molecule has 34 heavy (non-hydrogen) atoms. The lowest BCUT2D eigenvalue weighted by Gasteiger charge is -2.19. The molecule has 0 bridgehead atoms. The van der Waals surface area contributed by atoms with E-state index in [1.54, 1.807) is 30.3 Å². The largest absolute Gasteiger partial charge is 0.478 e. The van der Waals surface area contributed by atoms with Crippen molar-refractivity contribution < 1.29 is 14.3 Å². The van der Waals surface area contributed by atoms with Crippen LogP contribution in [0.25, 0.3) is 22.3 Å². The van der Waals surface area contributed by atoms with Crippen molar-refractivity contribution in [1.82, 2.24) is 0 Å². The van der Waals surface area contributed by atoms with Gasteiger partial charge >= 0.3 is 5.97 Å². The number of aromatic carboxylic acids is 1. The van der Waals surface area contributed by atoms with Gasteiger partial charge in [0.1, 0.15) is 11.3 Å². The van der Waals surface area contributed by atoms with Gasteiger partial charge in [0.25, 0.3) is 0 Å². The summed E-state index contributed by atoms with van der Waals surface area (Å²) in [5.41, 5.74) is 5.30. The molecule has 0 radical (unpaired) electrons. The van der Waals surface area contributed by atoms with E-state index in [-0.39, 0.29) is 22.4 Å². The van der Waals surface area contributed by atoms with E-state index in [2.05, 4.69) is 24.4 Å². The lowest BCUT2D eigenvalue weighted by atomic mass is 9.96. The number of carbonyl (C=O) groups is 1. The molecule has 0 spiro atoms. The Hall–Kier alpha value is -3.86. The molecule has 0 amide bonds. The molecule has 5 rings (SSSR count). The van der Waals surface area contributed by atoms with Crippen LogP contribution < -0.4 is 10.7 Å². The Morgan fingerprint density at radius 3 is 2.44 bits per heavy atom. The molecule has 1 aliphatic carbocycles. The Balaban J connectivity index is 1.58. The molecule has 5 nitrogen and oxygen atoms in total. The van der Waals surface area contributed by atoms with Crippen molar-refractivity contribution in [3.8, 4) is 11.3 Å². The maximum absolute atomic E-state index is 13.1. The van der Waals surface area contributed by atoms with Crippen molar-refractivity contribution in [3.05, 3.63) is 99.2 Å². The van der Waals surface area contributed by atoms with Gasteiger partial charge in [-0.3, -0.25) is 4.79 Å². The first kappa shape index (κ1) is 22.0. The smallest absolute Gasteiger partial charge is 0.337 e. The fraction of sp³-hybridized carbons (Fsp3) is 0.241. The van der Waals surface area contributed by atoms with Gasteiger partial charge in [-0.2, -0.15) is 0 Å². The summed E-state index contributed by atoms with van der Waals surface area (Å²) in [6, 6.07) is 20.1. The fourth-order valence-electron chi connectivity index (χ4n) is 4.52. The quantitative estimate of drug-likeness (QED) is 0.340. The van der Waals surface area contributed by atoms with Crippen LogP contribution >= 0.6 is 0 Å². The van der Waals surface area contributed by atoms with E-state index in [0.29, 0.717) is 22.4 Å². The monoisotopic (exact) mass is 453 g/mol. The lowest BCUT2D eigenvalue weighted by Crippen LogP contribution is -2.12. The van der Waals surface area contributed by atoms with E-state index in [1.807, 2.05) is 38.1 Å². The molecule has 1 saturated carbocycles. The maximum atomic E-state index is 13.1. The van der Waals surface area contributed by atoms with E-state index in [9.17, 15) is 14.7 Å². The van der Waals surface area contributed by atoms with Crippen molar-refractivity contribution in [3.63, 3.8) is 0 Å². The Morgan fingerprint density at radius 1 is 1.06 bits per heavy atom. The Kier molecular flexibility index (Phi) is 5.28. The summed E-state index contributed by atoms with van der Waals surface area (Å²) in [4.78, 5) is 24.7. The molecule has 4 aromatic rings. The maximum Gasteiger partial charge on any atom is 0.337 e. The third-order valence-corrected chi connectivity index (χ3v) is 6.86. The van der Waals surface area contributed by atoms with Crippen LogP contribution in [0.1, 0.15) is 59.8 Å². The summed E-state index contributed by atoms with van der Waals surface area (Å²) in [5, 5.41) is 13.3. The molecule has 0 unspecified atom stereocenters. The van der Waals surface area contributed by atoms with E-state index in [1.165, 1.54) is 18.4 Å². The number of carboxylic acids is 1. The standard InChI is InChI=1S/C29H27NO4/c1-17-14-22(18(2)30-24-7-5-4-6-21(24)28(32)33)27-23(15-17)25(31)16-26(34-27)19-8-10-20(11-9-19)29(3)12-13-29/h4-11,14-16,18,30H,12-13H2,1-3H3,(H,32,33)/t18-/m1/s1. The minimum Gasteiger partial charge on any atom is -0.478 e. The summed E-state index contributed by atoms with van der Waals surface area (Å²) in [6.07, 6.45) is 2.41. The van der Waals surface area contributed by atoms with Crippen molar-refractivity contribution in [2.75, 3.05) is 5.32 Å². The zero-order chi connectivity index (χ0) is 24.0. The first-order valence-electron chi connectivity index (χ1n) is 11.5. The second kappa shape index (κ2) is 8.17. The van der Waals surface area contributed by atoms with Crippen LogP contribution in [0.4, 0.5) is 5.69 Å². The molecule has 5 heteroatoms. The van der Waals surface area contributed by atoms with Crippen molar-refractivity contribution >= 4 is 22.6 Å². The normalized spacial score (nSPS) is 15.1. The number of fused-ring (bicyclic) bond motifs is 1. The van der Waals surface area contributed by atoms with E-state index in [0.717, 1.165) is 16.7 Å². The van der Waals surface area contributed by atoms with Crippen LogP contribution in [0.5, 0.6) is 0 Å². The molecular formula is C29H27NO4. The van der Waals surface area contributed by atoms with Gasteiger partial charge in [-0.15, -0.1) is 0 Å². The van der Waals surface area contributed by atoms with Crippen LogP contribution in [0.15, 0.2) is 75.9 Å². The first-order chi connectivity index (χ1) is 16.2. The summed E-state index contributed by atoms with van der Waals surface area (Å²) < 4.78 is 6.34. The lowest BCUT2D eigenvalue weighted by molar-refractivity contribution is 0.0698. The van der Waals surface area contributed by atoms with Gasteiger partial charge < -0.3 is 14.8 Å².